The Kier molecular flexibility index (Phi) is 6.34. The zero-order chi connectivity index (χ0) is 25.7. The Morgan fingerprint density at radius 3 is 2.46 bits per heavy atom. The van der Waals surface area contributed by atoms with E-state index >= 15 is 0 Å². The summed E-state index contributed by atoms with van der Waals surface area (Å²) in [7, 11) is 0. The highest BCUT2D eigenvalue weighted by Gasteiger charge is 2.39. The van der Waals surface area contributed by atoms with Crippen molar-refractivity contribution in [1.82, 2.24) is 5.32 Å². The fraction of sp³-hybridized carbons (Fsp3) is 0.414. The zero-order valence-electron chi connectivity index (χ0n) is 21.8. The molecule has 2 aliphatic rings. The van der Waals surface area contributed by atoms with E-state index in [1.807, 2.05) is 26.8 Å². The van der Waals surface area contributed by atoms with E-state index in [0.29, 0.717) is 11.6 Å². The monoisotopic (exact) mass is 473 g/mol. The van der Waals surface area contributed by atoms with Crippen LogP contribution in [0.4, 0.5) is 16.2 Å². The van der Waals surface area contributed by atoms with Crippen LogP contribution in [0.3, 0.4) is 0 Å². The van der Waals surface area contributed by atoms with Gasteiger partial charge in [-0.05, 0) is 105 Å². The van der Waals surface area contributed by atoms with Crippen molar-refractivity contribution >= 4 is 35.3 Å². The molecule has 1 saturated heterocycles. The molecule has 6 nitrogen and oxygen atoms in total. The first-order valence-electron chi connectivity index (χ1n) is 12.4. The Morgan fingerprint density at radius 2 is 1.77 bits per heavy atom. The summed E-state index contributed by atoms with van der Waals surface area (Å²) in [5.41, 5.74) is 6.54. The van der Waals surface area contributed by atoms with Crippen LogP contribution in [0, 0.1) is 20.8 Å². The van der Waals surface area contributed by atoms with E-state index in [9.17, 15) is 14.4 Å². The molecule has 2 aromatic carbocycles. The van der Waals surface area contributed by atoms with Gasteiger partial charge in [-0.25, -0.2) is 9.69 Å². The fourth-order valence-electron chi connectivity index (χ4n) is 5.46. The maximum atomic E-state index is 13.5. The number of rotatable bonds is 4. The van der Waals surface area contributed by atoms with Crippen molar-refractivity contribution in [2.75, 3.05) is 16.3 Å². The summed E-state index contributed by atoms with van der Waals surface area (Å²) < 4.78 is 0. The van der Waals surface area contributed by atoms with Gasteiger partial charge in [-0.3, -0.25) is 14.9 Å². The highest BCUT2D eigenvalue weighted by atomic mass is 16.2. The van der Waals surface area contributed by atoms with Gasteiger partial charge in [-0.15, -0.1) is 0 Å². The predicted octanol–water partition coefficient (Wildman–Crippen LogP) is 5.78. The van der Waals surface area contributed by atoms with E-state index < -0.39 is 17.8 Å². The first-order valence-corrected chi connectivity index (χ1v) is 12.4. The van der Waals surface area contributed by atoms with Crippen LogP contribution in [0.2, 0.25) is 0 Å². The van der Waals surface area contributed by atoms with Crippen molar-refractivity contribution in [3.05, 3.63) is 63.7 Å². The highest BCUT2D eigenvalue weighted by Crippen LogP contribution is 2.44. The second-order valence-electron chi connectivity index (χ2n) is 10.5. The topological polar surface area (TPSA) is 69.7 Å². The number of barbiturate groups is 1. The summed E-state index contributed by atoms with van der Waals surface area (Å²) in [5, 5.41) is 2.35. The lowest BCUT2D eigenvalue weighted by Crippen LogP contribution is -2.54. The number of carbonyl (C=O) groups is 3. The van der Waals surface area contributed by atoms with Crippen LogP contribution in [-0.2, 0) is 9.59 Å². The number of fused-ring (bicyclic) bond motifs is 1. The standard InChI is InChI=1S/C29H35N3O3/c1-8-12-31-25-13-18(3)21(14-22(25)19(4)16-29(31,6)7)15-23-26(33)30-28(35)32(27(23)34)24-11-9-10-17(2)20(24)5/h9-11,13-15,19H,8,12,16H2,1-7H3,(H,30,33,35)/b23-15-. The van der Waals surface area contributed by atoms with E-state index in [-0.39, 0.29) is 11.1 Å². The minimum absolute atomic E-state index is 0.0391. The predicted molar refractivity (Wildman–Crippen MR) is 141 cm³/mol. The number of carbonyl (C=O) groups excluding carboxylic acids is 3. The molecular formula is C29H35N3O3. The lowest BCUT2D eigenvalue weighted by molar-refractivity contribution is -0.122. The lowest BCUT2D eigenvalue weighted by Gasteiger charge is -2.48. The first kappa shape index (κ1) is 24.7. The molecule has 184 valence electrons. The first-order chi connectivity index (χ1) is 16.5. The number of nitrogens with one attached hydrogen (secondary N) is 1. The number of urea groups is 1. The van der Waals surface area contributed by atoms with E-state index in [2.05, 4.69) is 50.0 Å². The molecule has 0 aliphatic carbocycles. The second kappa shape index (κ2) is 8.99. The number of nitrogens with zero attached hydrogens (tertiary/aromatic N) is 2. The third-order valence-corrected chi connectivity index (χ3v) is 7.44. The third-order valence-electron chi connectivity index (χ3n) is 7.44. The van der Waals surface area contributed by atoms with Crippen LogP contribution >= 0.6 is 0 Å². The van der Waals surface area contributed by atoms with Crippen LogP contribution in [0.1, 0.15) is 74.3 Å². The maximum Gasteiger partial charge on any atom is 0.335 e. The quantitative estimate of drug-likeness (QED) is 0.451. The second-order valence-corrected chi connectivity index (χ2v) is 10.5. The Balaban J connectivity index is 1.79. The molecule has 0 radical (unpaired) electrons. The molecule has 2 aromatic rings. The van der Waals surface area contributed by atoms with Gasteiger partial charge in [0.2, 0.25) is 0 Å². The lowest BCUT2D eigenvalue weighted by atomic mass is 9.78. The summed E-state index contributed by atoms with van der Waals surface area (Å²) in [6.45, 7) is 15.8. The molecule has 1 atom stereocenters. The molecular weight excluding hydrogens is 438 g/mol. The average molecular weight is 474 g/mol. The molecule has 0 aromatic heterocycles. The number of imide groups is 2. The molecule has 4 rings (SSSR count). The molecule has 2 heterocycles. The number of hydrogen-bond donors (Lipinski definition) is 1. The number of aryl methyl sites for hydroxylation is 2. The minimum atomic E-state index is -0.723. The van der Waals surface area contributed by atoms with Crippen molar-refractivity contribution in [3.63, 3.8) is 0 Å². The SMILES string of the molecule is CCCN1c2cc(C)c(/C=C3/C(=O)NC(=O)N(c4cccc(C)c4C)C3=O)cc2C(C)CC1(C)C. The normalized spacial score (nSPS) is 20.8. The van der Waals surface area contributed by atoms with Crippen molar-refractivity contribution in [2.24, 2.45) is 0 Å². The minimum Gasteiger partial charge on any atom is -0.366 e. The van der Waals surface area contributed by atoms with Gasteiger partial charge in [0.15, 0.2) is 0 Å². The van der Waals surface area contributed by atoms with Crippen molar-refractivity contribution < 1.29 is 14.4 Å². The van der Waals surface area contributed by atoms with Gasteiger partial charge < -0.3 is 4.90 Å². The van der Waals surface area contributed by atoms with Crippen LogP contribution < -0.4 is 15.1 Å². The highest BCUT2D eigenvalue weighted by molar-refractivity contribution is 6.39. The van der Waals surface area contributed by atoms with Crippen LogP contribution in [0.25, 0.3) is 6.08 Å². The number of anilines is 2. The van der Waals surface area contributed by atoms with Crippen LogP contribution in [0.15, 0.2) is 35.9 Å². The van der Waals surface area contributed by atoms with E-state index in [4.69, 9.17) is 0 Å². The van der Waals surface area contributed by atoms with Gasteiger partial charge in [-0.1, -0.05) is 26.0 Å². The molecule has 1 N–H and O–H groups in total. The number of benzene rings is 2. The summed E-state index contributed by atoms with van der Waals surface area (Å²) in [5.74, 6) is -0.929. The van der Waals surface area contributed by atoms with Crippen molar-refractivity contribution in [1.29, 1.82) is 0 Å². The molecule has 1 unspecified atom stereocenters. The summed E-state index contributed by atoms with van der Waals surface area (Å²) >= 11 is 0. The van der Waals surface area contributed by atoms with Crippen molar-refractivity contribution in [3.8, 4) is 0 Å². The van der Waals surface area contributed by atoms with Gasteiger partial charge in [0.25, 0.3) is 11.8 Å². The molecule has 1 fully saturated rings. The summed E-state index contributed by atoms with van der Waals surface area (Å²) in [4.78, 5) is 42.5. The molecule has 0 spiro atoms. The molecule has 4 amide bonds. The van der Waals surface area contributed by atoms with Gasteiger partial charge in [0.05, 0.1) is 5.69 Å². The number of hydrogen-bond acceptors (Lipinski definition) is 4. The van der Waals surface area contributed by atoms with Crippen molar-refractivity contribution in [2.45, 2.75) is 72.8 Å². The molecule has 2 aliphatic heterocycles. The van der Waals surface area contributed by atoms with Gasteiger partial charge in [-0.2, -0.15) is 0 Å². The van der Waals surface area contributed by atoms with E-state index in [0.717, 1.165) is 46.5 Å². The maximum absolute atomic E-state index is 13.5. The zero-order valence-corrected chi connectivity index (χ0v) is 21.8. The molecule has 0 saturated carbocycles. The Morgan fingerprint density at radius 1 is 1.06 bits per heavy atom. The van der Waals surface area contributed by atoms with E-state index in [1.54, 1.807) is 18.2 Å². The fourth-order valence-corrected chi connectivity index (χ4v) is 5.46. The Bertz CT molecular complexity index is 1260. The van der Waals surface area contributed by atoms with E-state index in [1.165, 1.54) is 11.3 Å². The van der Waals surface area contributed by atoms with Gasteiger partial charge in [0, 0.05) is 17.8 Å². The van der Waals surface area contributed by atoms with Gasteiger partial charge in [0.1, 0.15) is 5.57 Å². The Labute approximate surface area is 208 Å². The summed E-state index contributed by atoms with van der Waals surface area (Å²) in [6, 6.07) is 9.01. The van der Waals surface area contributed by atoms with Crippen LogP contribution in [0.5, 0.6) is 0 Å². The molecule has 35 heavy (non-hydrogen) atoms. The summed E-state index contributed by atoms with van der Waals surface area (Å²) in [6.07, 6.45) is 3.71. The largest absolute Gasteiger partial charge is 0.366 e. The van der Waals surface area contributed by atoms with Crippen LogP contribution in [-0.4, -0.2) is 29.9 Å². The Hall–Kier alpha value is -3.41. The van der Waals surface area contributed by atoms with Gasteiger partial charge >= 0.3 is 6.03 Å². The third kappa shape index (κ3) is 4.26. The molecule has 6 heteroatoms. The smallest absolute Gasteiger partial charge is 0.335 e. The number of amides is 4. The molecule has 0 bridgehead atoms. The average Bonchev–Trinajstić information content (AvgIpc) is 2.77.